The number of nitrogens with zero attached hydrogens (tertiary/aromatic N) is 4. The van der Waals surface area contributed by atoms with E-state index in [1.807, 2.05) is 0 Å². The minimum absolute atomic E-state index is 1.13. The molecule has 0 unspecified atom stereocenters. The molecule has 0 aromatic heterocycles. The number of benzene rings is 13. The van der Waals surface area contributed by atoms with Gasteiger partial charge in [-0.3, -0.25) is 0 Å². The van der Waals surface area contributed by atoms with Crippen molar-refractivity contribution in [3.8, 4) is 44.5 Å². The first kappa shape index (κ1) is 50.5. The summed E-state index contributed by atoms with van der Waals surface area (Å²) in [5.74, 6) is 0. The molecule has 84 heavy (non-hydrogen) atoms. The predicted molar refractivity (Wildman–Crippen MR) is 358 cm³/mol. The molecule has 0 aliphatic carbocycles. The zero-order chi connectivity index (χ0) is 55.9. The van der Waals surface area contributed by atoms with Crippen LogP contribution in [-0.4, -0.2) is 16.8 Å². The van der Waals surface area contributed by atoms with Crippen LogP contribution in [0.5, 0.6) is 0 Å². The van der Waals surface area contributed by atoms with Crippen molar-refractivity contribution >= 4 is 83.0 Å². The quantitative estimate of drug-likeness (QED) is 0.113. The molecule has 13 aromatic rings. The summed E-state index contributed by atoms with van der Waals surface area (Å²) >= 11 is 0. The van der Waals surface area contributed by atoms with Crippen molar-refractivity contribution in [1.29, 1.82) is 0 Å². The summed E-state index contributed by atoms with van der Waals surface area (Å²) in [5, 5.41) is 5.05. The monoisotopic (exact) mass is 1110 g/mol. The first-order chi connectivity index (χ1) is 41.7. The molecule has 0 bridgehead atoms. The Labute approximate surface area is 494 Å². The van der Waals surface area contributed by atoms with E-state index in [9.17, 15) is 0 Å². The fraction of sp³-hybridized carbons (Fsp3) is 0. The molecule has 0 N–H and O–H groups in total. The smallest absolute Gasteiger partial charge is 0.340 e. The maximum absolute atomic E-state index is 3.51. The summed E-state index contributed by atoms with van der Waals surface area (Å²) in [6, 6.07) is 131. The Balaban J connectivity index is 1.05. The first-order valence-corrected chi connectivity index (χ1v) is 32.7. The second kappa shape index (κ2) is 21.4. The highest BCUT2D eigenvalue weighted by Gasteiger charge is 2.62. The highest BCUT2D eigenvalue weighted by atomic mass is 28.4. The summed E-state index contributed by atoms with van der Waals surface area (Å²) < 4.78 is 11.1. The maximum Gasteiger partial charge on any atom is 0.340 e. The average Bonchev–Trinajstić information content (AvgIpc) is 1.54. The van der Waals surface area contributed by atoms with Crippen LogP contribution in [0.15, 0.2) is 352 Å². The molecule has 13 aromatic carbocycles. The van der Waals surface area contributed by atoms with E-state index in [4.69, 9.17) is 0 Å². The van der Waals surface area contributed by atoms with E-state index >= 15 is 0 Å². The highest BCUT2D eigenvalue weighted by molar-refractivity contribution is 7.11. The molecule has 2 heterocycles. The zero-order valence-corrected chi connectivity index (χ0v) is 48.3. The Morgan fingerprint density at radius 3 is 0.488 bits per heavy atom. The van der Waals surface area contributed by atoms with Crippen LogP contribution in [-0.2, 0) is 0 Å². The third-order valence-electron chi connectivity index (χ3n) is 17.0. The largest absolute Gasteiger partial charge is 0.341 e. The Kier molecular flexibility index (Phi) is 12.9. The lowest BCUT2D eigenvalue weighted by atomic mass is 10.1. The molecule has 6 heteroatoms. The van der Waals surface area contributed by atoms with E-state index in [1.54, 1.807) is 0 Å². The second-order valence-corrected chi connectivity index (χ2v) is 28.4. The highest BCUT2D eigenvalue weighted by Crippen LogP contribution is 2.59. The Morgan fingerprint density at radius 1 is 0.155 bits per heavy atom. The molecular formula is C78H58N4Si2. The van der Waals surface area contributed by atoms with Crippen LogP contribution in [0.25, 0.3) is 44.5 Å². The summed E-state index contributed by atoms with van der Waals surface area (Å²) in [6.45, 7) is 0. The van der Waals surface area contributed by atoms with Crippen molar-refractivity contribution in [1.82, 2.24) is 0 Å². The minimum Gasteiger partial charge on any atom is -0.341 e. The minimum atomic E-state index is -3.51. The predicted octanol–water partition coefficient (Wildman–Crippen LogP) is 17.4. The van der Waals surface area contributed by atoms with Crippen LogP contribution in [0.4, 0.5) is 45.5 Å². The van der Waals surface area contributed by atoms with Crippen molar-refractivity contribution in [3.63, 3.8) is 0 Å². The van der Waals surface area contributed by atoms with Crippen LogP contribution >= 0.6 is 0 Å². The van der Waals surface area contributed by atoms with E-state index in [0.29, 0.717) is 0 Å². The van der Waals surface area contributed by atoms with Crippen molar-refractivity contribution in [2.24, 2.45) is 0 Å². The first-order valence-electron chi connectivity index (χ1n) is 28.9. The number of para-hydroxylation sites is 4. The molecule has 2 aliphatic rings. The molecule has 0 saturated heterocycles. The number of hydrogen-bond donors (Lipinski definition) is 0. The summed E-state index contributed by atoms with van der Waals surface area (Å²) in [7, 11) is -7.03. The normalized spacial score (nSPS) is 13.8. The maximum atomic E-state index is 2.77. The molecular weight excluding hydrogens is 1050 g/mol. The van der Waals surface area contributed by atoms with Gasteiger partial charge in [-0.2, -0.15) is 0 Å². The molecule has 15 rings (SSSR count). The van der Waals surface area contributed by atoms with E-state index in [0.717, 1.165) is 45.5 Å². The summed E-state index contributed by atoms with van der Waals surface area (Å²) in [5.41, 5.74) is 18.6. The number of hydrogen-bond acceptors (Lipinski definition) is 4. The lowest BCUT2D eigenvalue weighted by molar-refractivity contribution is 1.34. The molecule has 0 radical (unpaired) electrons. The van der Waals surface area contributed by atoms with Gasteiger partial charge in [0, 0.05) is 22.7 Å². The van der Waals surface area contributed by atoms with Crippen molar-refractivity contribution < 1.29 is 0 Å². The topological polar surface area (TPSA) is 13.0 Å². The lowest BCUT2D eigenvalue weighted by Crippen LogP contribution is -2.75. The average molecular weight is 1110 g/mol. The number of rotatable bonds is 12. The zero-order valence-electron chi connectivity index (χ0n) is 46.3. The van der Waals surface area contributed by atoms with Gasteiger partial charge in [0.15, 0.2) is 0 Å². The number of fused-ring (bicyclic) bond motifs is 2. The molecule has 0 amide bonds. The fourth-order valence-electron chi connectivity index (χ4n) is 13.2. The molecule has 0 atom stereocenters. The van der Waals surface area contributed by atoms with E-state index in [2.05, 4.69) is 370 Å². The van der Waals surface area contributed by atoms with Crippen LogP contribution in [0.1, 0.15) is 0 Å². The van der Waals surface area contributed by atoms with Crippen LogP contribution in [0.3, 0.4) is 0 Å². The Hall–Kier alpha value is -10.5. The van der Waals surface area contributed by atoms with Crippen molar-refractivity contribution in [2.45, 2.75) is 0 Å². The second-order valence-electron chi connectivity index (χ2n) is 21.6. The van der Waals surface area contributed by atoms with Crippen molar-refractivity contribution in [2.75, 3.05) is 18.3 Å². The Bertz CT molecular complexity index is 3800. The van der Waals surface area contributed by atoms with Gasteiger partial charge < -0.3 is 18.3 Å². The van der Waals surface area contributed by atoms with Gasteiger partial charge in [0.25, 0.3) is 0 Å². The third kappa shape index (κ3) is 8.41. The van der Waals surface area contributed by atoms with Crippen LogP contribution in [0.2, 0.25) is 0 Å². The Morgan fingerprint density at radius 2 is 0.310 bits per heavy atom. The molecule has 0 fully saturated rings. The molecule has 0 saturated carbocycles. The van der Waals surface area contributed by atoms with Gasteiger partial charge in [-0.1, -0.05) is 291 Å². The molecule has 0 spiro atoms. The van der Waals surface area contributed by atoms with E-state index < -0.39 is 16.8 Å². The van der Waals surface area contributed by atoms with Gasteiger partial charge in [0.1, 0.15) is 0 Å². The van der Waals surface area contributed by atoms with Gasteiger partial charge in [-0.15, -0.1) is 0 Å². The molecule has 4 nitrogen and oxygen atoms in total. The lowest BCUT2D eigenvalue weighted by Gasteiger charge is -2.45. The molecule has 398 valence electrons. The SMILES string of the molecule is c1ccc(-c2ccc([Si]3(c4ccc(-c5ccccc5)cc4)N(c4ccccc4)c4cc5c(cc4N3c3ccccc3)N(c3ccccc3)[Si](c3ccc(-c4ccccc4)cc3)(c3ccc(-c4ccccc4)cc3)N5c3ccccc3)cc2)cc1. The van der Waals surface area contributed by atoms with Gasteiger partial charge in [0.2, 0.25) is 0 Å². The van der Waals surface area contributed by atoms with E-state index in [-0.39, 0.29) is 0 Å². The fourth-order valence-corrected chi connectivity index (χ4v) is 23.1. The van der Waals surface area contributed by atoms with E-state index in [1.165, 1.54) is 65.3 Å². The van der Waals surface area contributed by atoms with Gasteiger partial charge >= 0.3 is 16.8 Å². The van der Waals surface area contributed by atoms with Gasteiger partial charge in [-0.25, -0.2) is 0 Å². The summed E-state index contributed by atoms with van der Waals surface area (Å²) in [4.78, 5) is 0. The third-order valence-corrected chi connectivity index (χ3v) is 26.1. The van der Waals surface area contributed by atoms with Crippen LogP contribution < -0.4 is 39.0 Å². The van der Waals surface area contributed by atoms with Crippen LogP contribution in [0, 0.1) is 0 Å². The number of anilines is 8. The van der Waals surface area contributed by atoms with Gasteiger partial charge in [-0.05, 0) is 126 Å². The van der Waals surface area contributed by atoms with Crippen molar-refractivity contribution in [3.05, 3.63) is 352 Å². The van der Waals surface area contributed by atoms with Gasteiger partial charge in [0.05, 0.1) is 22.7 Å². The summed E-state index contributed by atoms with van der Waals surface area (Å²) in [6.07, 6.45) is 0. The standard InChI is InChI=1S/C78H58N4Si2/c1-9-25-59(26-10-1)63-41-49-71(50-42-63)83(72-51-43-64(44-52-72)60-27-11-2-12-28-60)79(67-33-17-5-18-34-67)75-57-77-78(58-76(75)80(83)68-35-19-6-20-36-68)82(70-39-23-8-24-40-70)84(81(77)69-37-21-7-22-38-69,73-53-45-65(46-54-73)61-29-13-3-14-30-61)74-55-47-66(48-56-74)62-31-15-4-16-32-62/h1-58H. The molecule has 2 aliphatic heterocycles.